The first-order valence-electron chi connectivity index (χ1n) is 7.39. The molecule has 0 heterocycles. The minimum atomic E-state index is -1.07. The second-order valence-corrected chi connectivity index (χ2v) is 7.20. The minimum Gasteiger partial charge on any atom is -0.376 e. The lowest BCUT2D eigenvalue weighted by atomic mass is 9.58. The van der Waals surface area contributed by atoms with Crippen LogP contribution in [0.5, 0.6) is 0 Å². The van der Waals surface area contributed by atoms with E-state index >= 15 is 0 Å². The Morgan fingerprint density at radius 2 is 0.818 bits per heavy atom. The van der Waals surface area contributed by atoms with Gasteiger partial charge in [-0.1, -0.05) is 88.7 Å². The molecular weight excluding hydrogens is 336 g/mol. The zero-order valence-electron chi connectivity index (χ0n) is 11.8. The predicted molar refractivity (Wildman–Crippen MR) is 90.2 cm³/mol. The molecule has 0 unspecified atom stereocenters. The summed E-state index contributed by atoms with van der Waals surface area (Å²) in [5, 5.41) is 11.8. The van der Waals surface area contributed by atoms with Gasteiger partial charge in [0.2, 0.25) is 0 Å². The molecule has 0 saturated carbocycles. The summed E-state index contributed by atoms with van der Waals surface area (Å²) in [6.45, 7) is 0. The van der Waals surface area contributed by atoms with Gasteiger partial charge < -0.3 is 5.11 Å². The molecule has 1 nitrogen and oxygen atoms in total. The number of benzene rings is 3. The van der Waals surface area contributed by atoms with Crippen LogP contribution in [-0.2, 0) is 9.93 Å². The van der Waals surface area contributed by atoms with Gasteiger partial charge in [-0.2, -0.15) is 0 Å². The molecule has 3 aromatic rings. The summed E-state index contributed by atoms with van der Waals surface area (Å²) in [5.74, 6) is 0. The quantitative estimate of drug-likeness (QED) is 0.601. The largest absolute Gasteiger partial charge is 0.376 e. The lowest BCUT2D eigenvalue weighted by molar-refractivity contribution is 0.112. The lowest BCUT2D eigenvalue weighted by Gasteiger charge is -2.51. The van der Waals surface area contributed by atoms with E-state index in [0.29, 0.717) is 0 Å². The standard InChI is InChI=1S/C20H13BrO/c21-19-13-7-1-4-10-16(13)20(22,17-11-5-2-8-14(17)19)18-12-6-3-9-15(18)19/h1-12,22H. The third-order valence-corrected chi connectivity index (χ3v) is 6.35. The Morgan fingerprint density at radius 1 is 0.545 bits per heavy atom. The summed E-state index contributed by atoms with van der Waals surface area (Å²) in [4.78, 5) is 0. The van der Waals surface area contributed by atoms with E-state index in [2.05, 4.69) is 34.1 Å². The molecule has 2 bridgehead atoms. The summed E-state index contributed by atoms with van der Waals surface area (Å²) < 4.78 is -0.388. The molecule has 0 fully saturated rings. The maximum absolute atomic E-state index is 11.8. The van der Waals surface area contributed by atoms with Gasteiger partial charge in [-0.25, -0.2) is 0 Å². The monoisotopic (exact) mass is 348 g/mol. The van der Waals surface area contributed by atoms with Gasteiger partial charge in [0, 0.05) is 0 Å². The van der Waals surface area contributed by atoms with Crippen molar-refractivity contribution < 1.29 is 5.11 Å². The molecule has 6 rings (SSSR count). The molecule has 0 spiro atoms. The topological polar surface area (TPSA) is 20.2 Å². The van der Waals surface area contributed by atoms with Crippen molar-refractivity contribution >= 4 is 15.9 Å². The van der Waals surface area contributed by atoms with Crippen LogP contribution in [0.25, 0.3) is 0 Å². The van der Waals surface area contributed by atoms with Crippen molar-refractivity contribution in [2.24, 2.45) is 0 Å². The van der Waals surface area contributed by atoms with E-state index in [1.54, 1.807) is 0 Å². The smallest absolute Gasteiger partial charge is 0.141 e. The molecule has 0 amide bonds. The van der Waals surface area contributed by atoms with Crippen LogP contribution in [-0.4, -0.2) is 5.11 Å². The number of halogens is 1. The summed E-state index contributed by atoms with van der Waals surface area (Å²) in [6, 6.07) is 24.6. The Hall–Kier alpha value is -1.90. The molecule has 0 atom stereocenters. The zero-order chi connectivity index (χ0) is 14.9. The third-order valence-electron chi connectivity index (χ3n) is 5.06. The molecule has 3 aliphatic rings. The van der Waals surface area contributed by atoms with Gasteiger partial charge in [-0.3, -0.25) is 0 Å². The summed E-state index contributed by atoms with van der Waals surface area (Å²) >= 11 is 4.04. The molecule has 2 heteroatoms. The van der Waals surface area contributed by atoms with Crippen molar-refractivity contribution in [1.82, 2.24) is 0 Å². The van der Waals surface area contributed by atoms with Crippen LogP contribution >= 0.6 is 15.9 Å². The van der Waals surface area contributed by atoms with E-state index in [9.17, 15) is 5.11 Å². The van der Waals surface area contributed by atoms with Gasteiger partial charge in [-0.15, -0.1) is 0 Å². The molecule has 0 radical (unpaired) electrons. The summed E-state index contributed by atoms with van der Waals surface area (Å²) in [7, 11) is 0. The lowest BCUT2D eigenvalue weighted by Crippen LogP contribution is -2.48. The van der Waals surface area contributed by atoms with E-state index < -0.39 is 5.60 Å². The summed E-state index contributed by atoms with van der Waals surface area (Å²) in [6.07, 6.45) is 0. The second-order valence-electron chi connectivity index (χ2n) is 6.01. The van der Waals surface area contributed by atoms with E-state index in [4.69, 9.17) is 0 Å². The zero-order valence-corrected chi connectivity index (χ0v) is 13.3. The van der Waals surface area contributed by atoms with Gasteiger partial charge >= 0.3 is 0 Å². The highest BCUT2D eigenvalue weighted by Crippen LogP contribution is 2.63. The first-order chi connectivity index (χ1) is 10.7. The highest BCUT2D eigenvalue weighted by Gasteiger charge is 2.56. The molecule has 0 saturated heterocycles. The van der Waals surface area contributed by atoms with Crippen LogP contribution in [0.4, 0.5) is 0 Å². The number of hydrogen-bond donors (Lipinski definition) is 1. The molecule has 106 valence electrons. The highest BCUT2D eigenvalue weighted by molar-refractivity contribution is 9.10. The highest BCUT2D eigenvalue weighted by atomic mass is 79.9. The summed E-state index contributed by atoms with van der Waals surface area (Å²) in [5.41, 5.74) is 5.26. The van der Waals surface area contributed by atoms with Crippen LogP contribution in [0, 0.1) is 0 Å². The average molecular weight is 349 g/mol. The van der Waals surface area contributed by atoms with Crippen molar-refractivity contribution in [1.29, 1.82) is 0 Å². The molecule has 1 N–H and O–H groups in total. The van der Waals surface area contributed by atoms with Crippen molar-refractivity contribution in [3.8, 4) is 0 Å². The van der Waals surface area contributed by atoms with Gasteiger partial charge in [0.1, 0.15) is 9.93 Å². The molecule has 0 aromatic heterocycles. The van der Waals surface area contributed by atoms with Crippen molar-refractivity contribution in [3.05, 3.63) is 106 Å². The van der Waals surface area contributed by atoms with Gasteiger partial charge in [0.05, 0.1) is 0 Å². The first-order valence-corrected chi connectivity index (χ1v) is 8.19. The van der Waals surface area contributed by atoms with Gasteiger partial charge in [0.25, 0.3) is 0 Å². The molecule has 0 aliphatic heterocycles. The van der Waals surface area contributed by atoms with Crippen LogP contribution in [0.15, 0.2) is 72.8 Å². The van der Waals surface area contributed by atoms with Crippen LogP contribution in [0.3, 0.4) is 0 Å². The molecule has 3 aliphatic carbocycles. The van der Waals surface area contributed by atoms with E-state index in [1.807, 2.05) is 54.6 Å². The number of hydrogen-bond acceptors (Lipinski definition) is 1. The van der Waals surface area contributed by atoms with E-state index in [-0.39, 0.29) is 4.32 Å². The van der Waals surface area contributed by atoms with Gasteiger partial charge in [-0.05, 0) is 33.4 Å². The van der Waals surface area contributed by atoms with Crippen LogP contribution in [0.1, 0.15) is 33.4 Å². The maximum Gasteiger partial charge on any atom is 0.141 e. The van der Waals surface area contributed by atoms with E-state index in [1.165, 1.54) is 0 Å². The van der Waals surface area contributed by atoms with Crippen molar-refractivity contribution in [2.75, 3.05) is 0 Å². The Labute approximate surface area is 137 Å². The number of alkyl halides is 1. The average Bonchev–Trinajstić information content (AvgIpc) is 2.59. The third kappa shape index (κ3) is 1.18. The molecule has 22 heavy (non-hydrogen) atoms. The number of aliphatic hydroxyl groups is 1. The van der Waals surface area contributed by atoms with E-state index in [0.717, 1.165) is 33.4 Å². The second kappa shape index (κ2) is 3.89. The SMILES string of the molecule is OC12c3ccccc3C(Br)(c3ccccc31)c1ccccc12. The molecular formula is C20H13BrO. The minimum absolute atomic E-state index is 0.388. The normalized spacial score (nSPS) is 27.0. The van der Waals surface area contributed by atoms with Crippen molar-refractivity contribution in [3.63, 3.8) is 0 Å². The van der Waals surface area contributed by atoms with Gasteiger partial charge in [0.15, 0.2) is 0 Å². The Balaban J connectivity index is 2.05. The first kappa shape index (κ1) is 12.6. The number of rotatable bonds is 0. The van der Waals surface area contributed by atoms with Crippen LogP contribution in [0.2, 0.25) is 0 Å². The Kier molecular flexibility index (Phi) is 2.23. The fourth-order valence-electron chi connectivity index (χ4n) is 4.17. The fraction of sp³-hybridized carbons (Fsp3) is 0.100. The maximum atomic E-state index is 11.8. The Bertz CT molecular complexity index is 735. The van der Waals surface area contributed by atoms with Crippen LogP contribution < -0.4 is 0 Å². The fourth-order valence-corrected chi connectivity index (χ4v) is 5.20. The van der Waals surface area contributed by atoms with Crippen molar-refractivity contribution in [2.45, 2.75) is 9.93 Å². The predicted octanol–water partition coefficient (Wildman–Crippen LogP) is 4.28. The Morgan fingerprint density at radius 3 is 1.14 bits per heavy atom. The molecule has 3 aromatic carbocycles.